The number of anilines is 2. The molecule has 200 valence electrons. The number of halogens is 1. The zero-order valence-corrected chi connectivity index (χ0v) is 24.0. The zero-order chi connectivity index (χ0) is 27.1. The lowest BCUT2D eigenvalue weighted by atomic mass is 9.91. The molecule has 0 bridgehead atoms. The van der Waals surface area contributed by atoms with Crippen molar-refractivity contribution in [3.8, 4) is 5.82 Å². The third-order valence-electron chi connectivity index (χ3n) is 7.74. The van der Waals surface area contributed by atoms with Crippen molar-refractivity contribution < 1.29 is 0 Å². The molecule has 0 spiro atoms. The van der Waals surface area contributed by atoms with Gasteiger partial charge in [-0.15, -0.1) is 0 Å². The lowest BCUT2D eigenvalue weighted by Gasteiger charge is -2.37. The molecule has 1 aromatic carbocycles. The first kappa shape index (κ1) is 25.8. The van der Waals surface area contributed by atoms with Crippen LogP contribution in [0.4, 0.5) is 11.4 Å². The molecule has 2 saturated heterocycles. The second kappa shape index (κ2) is 10.6. The Balaban J connectivity index is 1.42. The van der Waals surface area contributed by atoms with Crippen LogP contribution in [0.3, 0.4) is 0 Å². The Labute approximate surface area is 240 Å². The number of pyridine rings is 2. The van der Waals surface area contributed by atoms with Crippen LogP contribution in [0, 0.1) is 18.8 Å². The van der Waals surface area contributed by atoms with Crippen molar-refractivity contribution in [2.24, 2.45) is 11.8 Å². The number of piperidine rings is 1. The Kier molecular flexibility index (Phi) is 7.04. The SMILES string of the molecule is Cc1ccc(-n2cccc2C2C(c3ccccn3)NC(=S)N2c2ccc(N3CC(C)CC(C)C3)c(Cl)c2)nc1. The van der Waals surface area contributed by atoms with Crippen molar-refractivity contribution in [3.05, 3.63) is 101 Å². The summed E-state index contributed by atoms with van der Waals surface area (Å²) in [4.78, 5) is 14.0. The molecule has 5 heterocycles. The second-order valence-corrected chi connectivity index (χ2v) is 11.8. The van der Waals surface area contributed by atoms with Crippen LogP contribution in [0.25, 0.3) is 5.82 Å². The highest BCUT2D eigenvalue weighted by Crippen LogP contribution is 2.44. The average molecular weight is 557 g/mol. The van der Waals surface area contributed by atoms with Crippen molar-refractivity contribution in [1.82, 2.24) is 19.9 Å². The van der Waals surface area contributed by atoms with E-state index in [1.807, 2.05) is 43.6 Å². The van der Waals surface area contributed by atoms with Gasteiger partial charge in [0.15, 0.2) is 5.11 Å². The lowest BCUT2D eigenvalue weighted by molar-refractivity contribution is 0.357. The monoisotopic (exact) mass is 556 g/mol. The van der Waals surface area contributed by atoms with E-state index < -0.39 is 0 Å². The first-order chi connectivity index (χ1) is 18.9. The van der Waals surface area contributed by atoms with Gasteiger partial charge in [0, 0.05) is 43.1 Å². The zero-order valence-electron chi connectivity index (χ0n) is 22.5. The summed E-state index contributed by atoms with van der Waals surface area (Å²) in [5.41, 5.74) is 5.15. The van der Waals surface area contributed by atoms with E-state index >= 15 is 0 Å². The van der Waals surface area contributed by atoms with Gasteiger partial charge in [-0.05, 0) is 91.5 Å². The number of aryl methyl sites for hydroxylation is 1. The summed E-state index contributed by atoms with van der Waals surface area (Å²) in [6.07, 6.45) is 7.03. The highest BCUT2D eigenvalue weighted by molar-refractivity contribution is 7.80. The van der Waals surface area contributed by atoms with Crippen LogP contribution >= 0.6 is 23.8 Å². The molecule has 2 fully saturated rings. The van der Waals surface area contributed by atoms with E-state index in [2.05, 4.69) is 76.1 Å². The quantitative estimate of drug-likeness (QED) is 0.270. The van der Waals surface area contributed by atoms with Gasteiger partial charge >= 0.3 is 0 Å². The number of nitrogens with zero attached hydrogens (tertiary/aromatic N) is 5. The number of thiocarbonyl (C=S) groups is 1. The molecule has 6 rings (SSSR count). The van der Waals surface area contributed by atoms with Crippen molar-refractivity contribution in [2.75, 3.05) is 22.9 Å². The third kappa shape index (κ3) is 5.01. The fourth-order valence-corrected chi connectivity index (χ4v) is 6.78. The molecule has 0 amide bonds. The fraction of sp³-hybridized carbons (Fsp3) is 0.323. The number of benzene rings is 1. The molecular formula is C31H33ClN6S. The molecule has 8 heteroatoms. The molecule has 2 aliphatic rings. The smallest absolute Gasteiger partial charge is 0.174 e. The maximum absolute atomic E-state index is 6.99. The Hall–Kier alpha value is -3.42. The molecule has 2 aliphatic heterocycles. The molecule has 4 unspecified atom stereocenters. The maximum atomic E-state index is 6.99. The van der Waals surface area contributed by atoms with E-state index in [0.29, 0.717) is 16.9 Å². The summed E-state index contributed by atoms with van der Waals surface area (Å²) in [5, 5.41) is 4.95. The maximum Gasteiger partial charge on any atom is 0.174 e. The highest BCUT2D eigenvalue weighted by atomic mass is 35.5. The molecule has 0 radical (unpaired) electrons. The van der Waals surface area contributed by atoms with Gasteiger partial charge in [-0.25, -0.2) is 4.98 Å². The Bertz CT molecular complexity index is 1460. The second-order valence-electron chi connectivity index (χ2n) is 11.0. The molecule has 6 nitrogen and oxygen atoms in total. The normalized spacial score (nSPS) is 23.2. The Morgan fingerprint density at radius 1 is 0.974 bits per heavy atom. The first-order valence-electron chi connectivity index (χ1n) is 13.5. The van der Waals surface area contributed by atoms with Gasteiger partial charge in [0.05, 0.1) is 22.4 Å². The van der Waals surface area contributed by atoms with Gasteiger partial charge in [0.2, 0.25) is 0 Å². The number of hydrogen-bond donors (Lipinski definition) is 1. The largest absolute Gasteiger partial charge is 0.370 e. The van der Waals surface area contributed by atoms with Crippen molar-refractivity contribution in [3.63, 3.8) is 0 Å². The molecule has 3 aromatic heterocycles. The molecule has 4 aromatic rings. The van der Waals surface area contributed by atoms with Crippen molar-refractivity contribution >= 4 is 40.3 Å². The van der Waals surface area contributed by atoms with E-state index in [0.717, 1.165) is 52.3 Å². The number of hydrogen-bond acceptors (Lipinski definition) is 4. The van der Waals surface area contributed by atoms with E-state index in [1.165, 1.54) is 6.42 Å². The van der Waals surface area contributed by atoms with Crippen LogP contribution < -0.4 is 15.1 Å². The van der Waals surface area contributed by atoms with Crippen LogP contribution in [0.15, 0.2) is 79.3 Å². The van der Waals surface area contributed by atoms with Crippen LogP contribution in [-0.4, -0.2) is 32.7 Å². The minimum Gasteiger partial charge on any atom is -0.370 e. The summed E-state index contributed by atoms with van der Waals surface area (Å²) in [6.45, 7) is 8.73. The van der Waals surface area contributed by atoms with Gasteiger partial charge in [0.1, 0.15) is 11.9 Å². The highest BCUT2D eigenvalue weighted by Gasteiger charge is 2.42. The van der Waals surface area contributed by atoms with Crippen LogP contribution in [0.2, 0.25) is 5.02 Å². The standard InChI is InChI=1S/C31H33ClN6S/c1-20-9-12-28(34-17-20)37-14-6-8-27(37)30-29(25-7-4-5-13-33-25)35-31(39)38(30)23-10-11-26(24(32)16-23)36-18-21(2)15-22(3)19-36/h4-14,16-17,21-22,29-30H,15,18-19H2,1-3H3,(H,35,39). The summed E-state index contributed by atoms with van der Waals surface area (Å²) in [6, 6.07) is 20.3. The van der Waals surface area contributed by atoms with Gasteiger partial charge in [-0.1, -0.05) is 37.6 Å². The van der Waals surface area contributed by atoms with Crippen molar-refractivity contribution in [1.29, 1.82) is 0 Å². The molecular weight excluding hydrogens is 524 g/mol. The van der Waals surface area contributed by atoms with Crippen molar-refractivity contribution in [2.45, 2.75) is 39.3 Å². The fourth-order valence-electron chi connectivity index (χ4n) is 6.14. The molecule has 0 aliphatic carbocycles. The molecule has 0 saturated carbocycles. The van der Waals surface area contributed by atoms with E-state index in [-0.39, 0.29) is 12.1 Å². The first-order valence-corrected chi connectivity index (χ1v) is 14.3. The lowest BCUT2D eigenvalue weighted by Crippen LogP contribution is -2.38. The van der Waals surface area contributed by atoms with E-state index in [4.69, 9.17) is 33.8 Å². The number of nitrogens with one attached hydrogen (secondary N) is 1. The number of aromatic nitrogens is 3. The van der Waals surface area contributed by atoms with Crippen LogP contribution in [0.1, 0.15) is 49.3 Å². The Morgan fingerprint density at radius 3 is 2.49 bits per heavy atom. The number of rotatable bonds is 5. The van der Waals surface area contributed by atoms with Gasteiger partial charge in [-0.3, -0.25) is 4.98 Å². The predicted molar refractivity (Wildman–Crippen MR) is 163 cm³/mol. The van der Waals surface area contributed by atoms with Crippen LogP contribution in [0.5, 0.6) is 0 Å². The summed E-state index contributed by atoms with van der Waals surface area (Å²) in [7, 11) is 0. The van der Waals surface area contributed by atoms with E-state index in [1.54, 1.807) is 0 Å². The summed E-state index contributed by atoms with van der Waals surface area (Å²) < 4.78 is 2.13. The van der Waals surface area contributed by atoms with E-state index in [9.17, 15) is 0 Å². The third-order valence-corrected chi connectivity index (χ3v) is 8.36. The van der Waals surface area contributed by atoms with Gasteiger partial charge < -0.3 is 19.7 Å². The molecule has 1 N–H and O–H groups in total. The summed E-state index contributed by atoms with van der Waals surface area (Å²) in [5.74, 6) is 2.15. The predicted octanol–water partition coefficient (Wildman–Crippen LogP) is 6.89. The Morgan fingerprint density at radius 2 is 1.79 bits per heavy atom. The average Bonchev–Trinajstić information content (AvgIpc) is 3.53. The van der Waals surface area contributed by atoms with Gasteiger partial charge in [0.25, 0.3) is 0 Å². The molecule has 4 atom stereocenters. The minimum atomic E-state index is -0.164. The topological polar surface area (TPSA) is 49.2 Å². The molecule has 39 heavy (non-hydrogen) atoms. The van der Waals surface area contributed by atoms with Crippen LogP contribution in [-0.2, 0) is 0 Å². The van der Waals surface area contributed by atoms with Gasteiger partial charge in [-0.2, -0.15) is 0 Å². The summed E-state index contributed by atoms with van der Waals surface area (Å²) >= 11 is 13.0. The minimum absolute atomic E-state index is 0.153.